The van der Waals surface area contributed by atoms with Gasteiger partial charge >= 0.3 is 5.97 Å². The zero-order valence-corrected chi connectivity index (χ0v) is 10.8. The smallest absolute Gasteiger partial charge is 0.328 e. The maximum atomic E-state index is 10.7. The SMILES string of the molecule is O=C(O)C=Cc1cc2c(cc1OCc1cnoc1)OCO2. The van der Waals surface area contributed by atoms with Crippen LogP contribution in [0.5, 0.6) is 17.2 Å². The molecule has 0 saturated heterocycles. The molecule has 1 aromatic heterocycles. The molecule has 0 aliphatic carbocycles. The lowest BCUT2D eigenvalue weighted by Gasteiger charge is -2.09. The topological polar surface area (TPSA) is 91.0 Å². The van der Waals surface area contributed by atoms with Crippen molar-refractivity contribution >= 4 is 12.0 Å². The molecule has 108 valence electrons. The Morgan fingerprint density at radius 1 is 1.38 bits per heavy atom. The largest absolute Gasteiger partial charge is 0.488 e. The van der Waals surface area contributed by atoms with E-state index in [2.05, 4.69) is 5.16 Å². The van der Waals surface area contributed by atoms with Gasteiger partial charge in [-0.2, -0.15) is 0 Å². The van der Waals surface area contributed by atoms with Gasteiger partial charge in [-0.3, -0.25) is 0 Å². The Labute approximate surface area is 119 Å². The number of fused-ring (bicyclic) bond motifs is 1. The van der Waals surface area contributed by atoms with Gasteiger partial charge in [0.05, 0.1) is 6.20 Å². The van der Waals surface area contributed by atoms with Crippen LogP contribution in [0.15, 0.2) is 35.2 Å². The number of hydrogen-bond acceptors (Lipinski definition) is 6. The quantitative estimate of drug-likeness (QED) is 0.842. The summed E-state index contributed by atoms with van der Waals surface area (Å²) in [4.78, 5) is 10.7. The number of carboxylic acids is 1. The van der Waals surface area contributed by atoms with E-state index in [0.717, 1.165) is 11.6 Å². The zero-order chi connectivity index (χ0) is 14.7. The second-order valence-electron chi connectivity index (χ2n) is 4.24. The first-order chi connectivity index (χ1) is 10.2. The minimum absolute atomic E-state index is 0.131. The summed E-state index contributed by atoms with van der Waals surface area (Å²) in [6, 6.07) is 3.34. The van der Waals surface area contributed by atoms with Gasteiger partial charge in [-0.15, -0.1) is 0 Å². The molecule has 0 bridgehead atoms. The Morgan fingerprint density at radius 2 is 2.19 bits per heavy atom. The maximum absolute atomic E-state index is 10.7. The first kappa shape index (κ1) is 13.0. The average Bonchev–Trinajstić information content (AvgIpc) is 3.12. The Balaban J connectivity index is 1.87. The summed E-state index contributed by atoms with van der Waals surface area (Å²) >= 11 is 0. The number of aliphatic carboxylic acids is 1. The summed E-state index contributed by atoms with van der Waals surface area (Å²) in [6.45, 7) is 0.379. The van der Waals surface area contributed by atoms with E-state index in [9.17, 15) is 4.79 Å². The molecule has 0 amide bonds. The molecule has 21 heavy (non-hydrogen) atoms. The van der Waals surface area contributed by atoms with Gasteiger partial charge in [0.2, 0.25) is 6.79 Å². The molecule has 0 radical (unpaired) electrons. The number of carboxylic acid groups (broad SMARTS) is 1. The summed E-state index contributed by atoms with van der Waals surface area (Å²) in [5, 5.41) is 12.3. The van der Waals surface area contributed by atoms with E-state index < -0.39 is 5.97 Å². The van der Waals surface area contributed by atoms with Crippen molar-refractivity contribution in [2.24, 2.45) is 0 Å². The van der Waals surface area contributed by atoms with E-state index in [1.807, 2.05) is 0 Å². The molecule has 7 nitrogen and oxygen atoms in total. The summed E-state index contributed by atoms with van der Waals surface area (Å²) in [5.74, 6) is 0.552. The number of nitrogens with zero attached hydrogens (tertiary/aromatic N) is 1. The molecule has 1 N–H and O–H groups in total. The lowest BCUT2D eigenvalue weighted by Crippen LogP contribution is -1.96. The minimum Gasteiger partial charge on any atom is -0.488 e. The predicted octanol–water partition coefficient (Wildman–Crippen LogP) is 2.08. The third-order valence-electron chi connectivity index (χ3n) is 2.79. The van der Waals surface area contributed by atoms with Crippen molar-refractivity contribution in [1.29, 1.82) is 0 Å². The van der Waals surface area contributed by atoms with Crippen LogP contribution < -0.4 is 14.2 Å². The molecular formula is C14H11NO6. The minimum atomic E-state index is -1.04. The number of hydrogen-bond donors (Lipinski definition) is 1. The molecule has 2 aromatic rings. The summed E-state index contributed by atoms with van der Waals surface area (Å²) < 4.78 is 20.9. The lowest BCUT2D eigenvalue weighted by atomic mass is 10.1. The van der Waals surface area contributed by atoms with Crippen LogP contribution in [0.25, 0.3) is 6.08 Å². The van der Waals surface area contributed by atoms with Crippen LogP contribution in [0.1, 0.15) is 11.1 Å². The Kier molecular flexibility index (Phi) is 3.46. The van der Waals surface area contributed by atoms with Crippen LogP contribution in [0.3, 0.4) is 0 Å². The predicted molar refractivity (Wildman–Crippen MR) is 70.1 cm³/mol. The molecule has 1 aliphatic rings. The molecule has 1 aliphatic heterocycles. The normalized spacial score (nSPS) is 12.8. The number of aromatic nitrogens is 1. The van der Waals surface area contributed by atoms with Crippen molar-refractivity contribution in [1.82, 2.24) is 5.16 Å². The molecule has 0 unspecified atom stereocenters. The van der Waals surface area contributed by atoms with Gasteiger partial charge < -0.3 is 23.8 Å². The van der Waals surface area contributed by atoms with Gasteiger partial charge in [0, 0.05) is 23.3 Å². The highest BCUT2D eigenvalue weighted by Crippen LogP contribution is 2.39. The zero-order valence-electron chi connectivity index (χ0n) is 10.8. The Hall–Kier alpha value is -2.96. The van der Waals surface area contributed by atoms with E-state index in [0.29, 0.717) is 22.8 Å². The van der Waals surface area contributed by atoms with Crippen LogP contribution >= 0.6 is 0 Å². The fourth-order valence-corrected chi connectivity index (χ4v) is 1.81. The van der Waals surface area contributed by atoms with Crippen LogP contribution in [0.4, 0.5) is 0 Å². The van der Waals surface area contributed by atoms with Crippen molar-refractivity contribution in [3.63, 3.8) is 0 Å². The highest BCUT2D eigenvalue weighted by atomic mass is 16.7. The molecule has 0 saturated carbocycles. The van der Waals surface area contributed by atoms with Crippen LogP contribution in [-0.4, -0.2) is 23.0 Å². The number of rotatable bonds is 5. The summed E-state index contributed by atoms with van der Waals surface area (Å²) in [7, 11) is 0. The molecule has 3 rings (SSSR count). The van der Waals surface area contributed by atoms with Crippen molar-refractivity contribution < 1.29 is 28.6 Å². The first-order valence-corrected chi connectivity index (χ1v) is 6.08. The van der Waals surface area contributed by atoms with Crippen LogP contribution in [0.2, 0.25) is 0 Å². The third kappa shape index (κ3) is 2.97. The summed E-state index contributed by atoms with van der Waals surface area (Å²) in [6.07, 6.45) is 5.48. The van der Waals surface area contributed by atoms with Crippen molar-refractivity contribution in [3.05, 3.63) is 41.8 Å². The van der Waals surface area contributed by atoms with Crippen molar-refractivity contribution in [2.45, 2.75) is 6.61 Å². The Bertz CT molecular complexity index is 677. The van der Waals surface area contributed by atoms with Gasteiger partial charge in [-0.25, -0.2) is 4.79 Å². The van der Waals surface area contributed by atoms with Gasteiger partial charge in [0.15, 0.2) is 11.5 Å². The summed E-state index contributed by atoms with van der Waals surface area (Å²) in [5.41, 5.74) is 1.35. The molecular weight excluding hydrogens is 278 g/mol. The first-order valence-electron chi connectivity index (χ1n) is 6.08. The maximum Gasteiger partial charge on any atom is 0.328 e. The monoisotopic (exact) mass is 289 g/mol. The molecule has 0 atom stereocenters. The van der Waals surface area contributed by atoms with E-state index in [-0.39, 0.29) is 13.4 Å². The standard InChI is InChI=1S/C14H11NO6/c16-14(17)2-1-10-3-12-13(20-8-19-12)4-11(10)18-6-9-5-15-21-7-9/h1-5,7H,6,8H2,(H,16,17). The van der Waals surface area contributed by atoms with Crippen LogP contribution in [-0.2, 0) is 11.4 Å². The van der Waals surface area contributed by atoms with Crippen LogP contribution in [0, 0.1) is 0 Å². The van der Waals surface area contributed by atoms with Crippen molar-refractivity contribution in [2.75, 3.05) is 6.79 Å². The van der Waals surface area contributed by atoms with E-state index in [1.54, 1.807) is 18.3 Å². The third-order valence-corrected chi connectivity index (χ3v) is 2.79. The number of benzene rings is 1. The second kappa shape index (κ2) is 5.58. The van der Waals surface area contributed by atoms with E-state index >= 15 is 0 Å². The lowest BCUT2D eigenvalue weighted by molar-refractivity contribution is -0.131. The number of ether oxygens (including phenoxy) is 3. The van der Waals surface area contributed by atoms with Gasteiger partial charge in [0.25, 0.3) is 0 Å². The fraction of sp³-hybridized carbons (Fsp3) is 0.143. The highest BCUT2D eigenvalue weighted by Gasteiger charge is 2.17. The number of carbonyl (C=O) groups is 1. The molecule has 0 fully saturated rings. The van der Waals surface area contributed by atoms with Gasteiger partial charge in [-0.1, -0.05) is 5.16 Å². The Morgan fingerprint density at radius 3 is 2.90 bits per heavy atom. The van der Waals surface area contributed by atoms with Gasteiger partial charge in [-0.05, 0) is 12.1 Å². The van der Waals surface area contributed by atoms with E-state index in [1.165, 1.54) is 12.3 Å². The van der Waals surface area contributed by atoms with Gasteiger partial charge in [0.1, 0.15) is 18.6 Å². The molecule has 2 heterocycles. The van der Waals surface area contributed by atoms with E-state index in [4.69, 9.17) is 23.8 Å². The average molecular weight is 289 g/mol. The molecule has 7 heteroatoms. The molecule has 1 aromatic carbocycles. The fourth-order valence-electron chi connectivity index (χ4n) is 1.81. The second-order valence-corrected chi connectivity index (χ2v) is 4.24. The highest BCUT2D eigenvalue weighted by molar-refractivity contribution is 5.86. The van der Waals surface area contributed by atoms with Crippen molar-refractivity contribution in [3.8, 4) is 17.2 Å². The molecule has 0 spiro atoms.